The van der Waals surface area contributed by atoms with Crippen LogP contribution in [0.2, 0.25) is 5.02 Å². The Hall–Kier alpha value is -2.95. The number of nitrogens with one attached hydrogen (secondary N) is 3. The first-order valence-electron chi connectivity index (χ1n) is 10.2. The minimum atomic E-state index is -0.568. The molecule has 1 aliphatic heterocycles. The van der Waals surface area contributed by atoms with Crippen LogP contribution in [0.15, 0.2) is 35.5 Å². The summed E-state index contributed by atoms with van der Waals surface area (Å²) >= 11 is 5.82. The number of hydrogen-bond donors (Lipinski definition) is 4. The molecule has 0 saturated carbocycles. The number of amidine groups is 1. The van der Waals surface area contributed by atoms with E-state index in [4.69, 9.17) is 16.3 Å². The Bertz CT molecular complexity index is 1120. The fraction of sp³-hybridized carbons (Fsp3) is 0.333. The van der Waals surface area contributed by atoms with E-state index in [9.17, 15) is 14.0 Å². The van der Waals surface area contributed by atoms with Crippen LogP contribution >= 0.6 is 11.6 Å². The minimum Gasteiger partial charge on any atom is -0.409 e. The Morgan fingerprint density at radius 1 is 1.22 bits per heavy atom. The van der Waals surface area contributed by atoms with E-state index in [2.05, 4.69) is 30.7 Å². The van der Waals surface area contributed by atoms with Crippen LogP contribution in [-0.4, -0.2) is 65.3 Å². The van der Waals surface area contributed by atoms with Gasteiger partial charge in [0.15, 0.2) is 11.7 Å². The first kappa shape index (κ1) is 22.3. The van der Waals surface area contributed by atoms with Gasteiger partial charge in [-0.3, -0.25) is 4.90 Å². The van der Waals surface area contributed by atoms with E-state index in [0.29, 0.717) is 29.3 Å². The SMILES string of the molecule is O/N=C(\Nc1ccc(F)c(Cl)c1)c1ccc(F)c2nc(NCCCN3CCOCC3)[nH]c12. The Labute approximate surface area is 188 Å². The van der Waals surface area contributed by atoms with Crippen molar-refractivity contribution >= 4 is 40.1 Å². The molecule has 1 fully saturated rings. The van der Waals surface area contributed by atoms with Crippen molar-refractivity contribution in [3.63, 3.8) is 0 Å². The van der Waals surface area contributed by atoms with Crippen molar-refractivity contribution in [2.24, 2.45) is 5.16 Å². The van der Waals surface area contributed by atoms with Crippen molar-refractivity contribution < 1.29 is 18.7 Å². The lowest BCUT2D eigenvalue weighted by atomic mass is 10.1. The zero-order valence-corrected chi connectivity index (χ0v) is 17.9. The number of H-pyrrole nitrogens is 1. The van der Waals surface area contributed by atoms with E-state index in [1.165, 1.54) is 30.3 Å². The number of oxime groups is 1. The molecule has 0 radical (unpaired) electrons. The minimum absolute atomic E-state index is 0.0280. The molecule has 8 nitrogen and oxygen atoms in total. The highest BCUT2D eigenvalue weighted by Gasteiger charge is 2.17. The number of halogens is 3. The highest BCUT2D eigenvalue weighted by molar-refractivity contribution is 6.31. The van der Waals surface area contributed by atoms with Gasteiger partial charge in [0, 0.05) is 30.9 Å². The number of ether oxygens (including phenoxy) is 1. The normalized spacial score (nSPS) is 15.3. The Kier molecular flexibility index (Phi) is 7.03. The highest BCUT2D eigenvalue weighted by atomic mass is 35.5. The van der Waals surface area contributed by atoms with Crippen LogP contribution in [0.25, 0.3) is 11.0 Å². The first-order valence-corrected chi connectivity index (χ1v) is 10.6. The van der Waals surface area contributed by atoms with Crippen molar-refractivity contribution in [1.29, 1.82) is 0 Å². The van der Waals surface area contributed by atoms with E-state index < -0.39 is 11.6 Å². The first-order chi connectivity index (χ1) is 15.5. The summed E-state index contributed by atoms with van der Waals surface area (Å²) in [6.07, 6.45) is 0.891. The second kappa shape index (κ2) is 10.1. The number of morpholine rings is 1. The summed E-state index contributed by atoms with van der Waals surface area (Å²) in [5.41, 5.74) is 1.26. The van der Waals surface area contributed by atoms with Crippen LogP contribution in [0.3, 0.4) is 0 Å². The number of aromatic amines is 1. The van der Waals surface area contributed by atoms with Crippen LogP contribution in [0, 0.1) is 11.6 Å². The summed E-state index contributed by atoms with van der Waals surface area (Å²) in [5.74, 6) is -0.638. The van der Waals surface area contributed by atoms with Gasteiger partial charge in [0.05, 0.1) is 23.8 Å². The topological polar surface area (TPSA) is 97.8 Å². The molecule has 3 aromatic rings. The van der Waals surface area contributed by atoms with Crippen molar-refractivity contribution in [3.8, 4) is 0 Å². The van der Waals surface area contributed by atoms with Crippen molar-refractivity contribution in [2.75, 3.05) is 50.0 Å². The largest absolute Gasteiger partial charge is 0.409 e. The monoisotopic (exact) mass is 464 g/mol. The summed E-state index contributed by atoms with van der Waals surface area (Å²) in [6.45, 7) is 4.95. The van der Waals surface area contributed by atoms with E-state index in [0.717, 1.165) is 39.3 Å². The van der Waals surface area contributed by atoms with E-state index in [1.807, 2.05) is 0 Å². The average Bonchev–Trinajstić information content (AvgIpc) is 3.24. The molecule has 4 rings (SSSR count). The fourth-order valence-electron chi connectivity index (χ4n) is 3.53. The maximum atomic E-state index is 14.4. The fourth-order valence-corrected chi connectivity index (χ4v) is 3.71. The van der Waals surface area contributed by atoms with Gasteiger partial charge < -0.3 is 25.6 Å². The third-order valence-corrected chi connectivity index (χ3v) is 5.47. The van der Waals surface area contributed by atoms with Crippen LogP contribution < -0.4 is 10.6 Å². The van der Waals surface area contributed by atoms with E-state index in [-0.39, 0.29) is 16.4 Å². The molecule has 0 unspecified atom stereocenters. The third kappa shape index (κ3) is 5.09. The lowest BCUT2D eigenvalue weighted by Crippen LogP contribution is -2.37. The van der Waals surface area contributed by atoms with Gasteiger partial charge in [-0.2, -0.15) is 0 Å². The summed E-state index contributed by atoms with van der Waals surface area (Å²) in [6, 6.07) is 6.70. The average molecular weight is 465 g/mol. The molecular weight excluding hydrogens is 442 g/mol. The lowest BCUT2D eigenvalue weighted by Gasteiger charge is -2.26. The standard InChI is InChI=1S/C21H23ClF2N6O2/c22-15-12-13(2-4-16(15)23)26-20(29-31)14-3-5-17(24)19-18(14)27-21(28-19)25-6-1-7-30-8-10-32-11-9-30/h2-5,12,31H,1,6-11H2,(H,26,29)(H2,25,27,28). The molecule has 1 aliphatic rings. The smallest absolute Gasteiger partial charge is 0.201 e. The summed E-state index contributed by atoms with van der Waals surface area (Å²) in [5, 5.41) is 18.8. The van der Waals surface area contributed by atoms with Gasteiger partial charge in [-0.05, 0) is 43.3 Å². The third-order valence-electron chi connectivity index (χ3n) is 5.18. The molecule has 32 heavy (non-hydrogen) atoms. The summed E-state index contributed by atoms with van der Waals surface area (Å²) in [7, 11) is 0. The summed E-state index contributed by atoms with van der Waals surface area (Å²) in [4.78, 5) is 9.68. The molecule has 1 saturated heterocycles. The molecule has 11 heteroatoms. The molecule has 0 spiro atoms. The number of imidazole rings is 1. The maximum Gasteiger partial charge on any atom is 0.201 e. The molecule has 4 N–H and O–H groups in total. The number of anilines is 2. The molecule has 0 bridgehead atoms. The second-order valence-electron chi connectivity index (χ2n) is 7.34. The van der Waals surface area contributed by atoms with Crippen molar-refractivity contribution in [2.45, 2.75) is 6.42 Å². The lowest BCUT2D eigenvalue weighted by molar-refractivity contribution is 0.0378. The number of benzene rings is 2. The van der Waals surface area contributed by atoms with Gasteiger partial charge in [-0.1, -0.05) is 16.8 Å². The van der Waals surface area contributed by atoms with Gasteiger partial charge in [0.1, 0.15) is 11.3 Å². The quantitative estimate of drug-likeness (QED) is 0.139. The molecular formula is C21H23ClF2N6O2. The van der Waals surface area contributed by atoms with E-state index >= 15 is 0 Å². The van der Waals surface area contributed by atoms with Crippen molar-refractivity contribution in [3.05, 3.63) is 52.6 Å². The van der Waals surface area contributed by atoms with Crippen LogP contribution in [0.1, 0.15) is 12.0 Å². The zero-order chi connectivity index (χ0) is 22.5. The van der Waals surface area contributed by atoms with Crippen LogP contribution in [0.5, 0.6) is 0 Å². The molecule has 2 aromatic carbocycles. The van der Waals surface area contributed by atoms with Gasteiger partial charge >= 0.3 is 0 Å². The van der Waals surface area contributed by atoms with Crippen LogP contribution in [-0.2, 0) is 4.74 Å². The number of fused-ring (bicyclic) bond motifs is 1. The second-order valence-corrected chi connectivity index (χ2v) is 7.75. The Balaban J connectivity index is 1.48. The molecule has 1 aromatic heterocycles. The van der Waals surface area contributed by atoms with Crippen LogP contribution in [0.4, 0.5) is 20.4 Å². The number of aromatic nitrogens is 2. The molecule has 0 amide bonds. The number of hydrogen-bond acceptors (Lipinski definition) is 6. The predicted octanol–water partition coefficient (Wildman–Crippen LogP) is 3.88. The zero-order valence-electron chi connectivity index (χ0n) is 17.2. The van der Waals surface area contributed by atoms with Crippen molar-refractivity contribution in [1.82, 2.24) is 14.9 Å². The van der Waals surface area contributed by atoms with Gasteiger partial charge in [0.2, 0.25) is 5.95 Å². The van der Waals surface area contributed by atoms with E-state index in [1.54, 1.807) is 0 Å². The van der Waals surface area contributed by atoms with Gasteiger partial charge in [0.25, 0.3) is 0 Å². The maximum absolute atomic E-state index is 14.4. The molecule has 0 atom stereocenters. The van der Waals surface area contributed by atoms with Gasteiger partial charge in [-0.25, -0.2) is 13.8 Å². The number of nitrogens with zero attached hydrogens (tertiary/aromatic N) is 3. The Morgan fingerprint density at radius 3 is 2.75 bits per heavy atom. The Morgan fingerprint density at radius 2 is 2.00 bits per heavy atom. The van der Waals surface area contributed by atoms with Gasteiger partial charge in [-0.15, -0.1) is 0 Å². The molecule has 170 valence electrons. The molecule has 2 heterocycles. The highest BCUT2D eigenvalue weighted by Crippen LogP contribution is 2.25. The summed E-state index contributed by atoms with van der Waals surface area (Å²) < 4.78 is 33.2. The number of rotatable bonds is 7. The predicted molar refractivity (Wildman–Crippen MR) is 120 cm³/mol. The molecule has 0 aliphatic carbocycles.